The number of hydrogen-bond donors (Lipinski definition) is 0. The molecule has 0 saturated heterocycles. The third-order valence-corrected chi connectivity index (χ3v) is 4.76. The summed E-state index contributed by atoms with van der Waals surface area (Å²) in [6.07, 6.45) is 2.21. The molecule has 2 aromatic rings. The van der Waals surface area contributed by atoms with Gasteiger partial charge >= 0.3 is 0 Å². The van der Waals surface area contributed by atoms with Crippen molar-refractivity contribution in [1.82, 2.24) is 4.90 Å². The van der Waals surface area contributed by atoms with E-state index in [2.05, 4.69) is 44.0 Å². The first-order valence-corrected chi connectivity index (χ1v) is 8.53. The molecular weight excluding hydrogens is 394 g/mol. The monoisotopic (exact) mass is 407 g/mol. The molecule has 1 amide bonds. The normalized spacial score (nSPS) is 14.0. The number of hydrogen-bond acceptors (Lipinski definition) is 1. The number of halogens is 2. The van der Waals surface area contributed by atoms with Crippen molar-refractivity contribution in [3.63, 3.8) is 0 Å². The van der Waals surface area contributed by atoms with Crippen molar-refractivity contribution in [3.8, 4) is 0 Å². The fourth-order valence-corrected chi connectivity index (χ4v) is 3.57. The number of amides is 1. The molecule has 108 valence electrons. The summed E-state index contributed by atoms with van der Waals surface area (Å²) in [5.74, 6) is 0.0979. The number of carbonyl (C=O) groups is 1. The van der Waals surface area contributed by atoms with Gasteiger partial charge in [0.1, 0.15) is 0 Å². The molecule has 1 aliphatic carbocycles. The maximum Gasteiger partial charge on any atom is 0.255 e. The van der Waals surface area contributed by atoms with E-state index in [1.54, 1.807) is 0 Å². The molecule has 1 saturated carbocycles. The van der Waals surface area contributed by atoms with Crippen LogP contribution in [0.25, 0.3) is 0 Å². The summed E-state index contributed by atoms with van der Waals surface area (Å²) in [5.41, 5.74) is 1.90. The average Bonchev–Trinajstić information content (AvgIpc) is 3.30. The standard InChI is InChI=1S/C17H15Br2NO/c18-13-6-9-15(16(19)10-13)17(21)20(14-7-8-14)11-12-4-2-1-3-5-12/h1-6,9-10,14H,7-8,11H2. The first kappa shape index (κ1) is 14.8. The molecule has 0 aliphatic heterocycles. The highest BCUT2D eigenvalue weighted by molar-refractivity contribution is 9.11. The predicted octanol–water partition coefficient (Wildman–Crippen LogP) is 5.02. The lowest BCUT2D eigenvalue weighted by atomic mass is 10.1. The molecule has 0 spiro atoms. The van der Waals surface area contributed by atoms with Crippen molar-refractivity contribution in [3.05, 3.63) is 68.6 Å². The van der Waals surface area contributed by atoms with Gasteiger partial charge in [-0.2, -0.15) is 0 Å². The van der Waals surface area contributed by atoms with E-state index in [0.717, 1.165) is 27.4 Å². The van der Waals surface area contributed by atoms with E-state index in [9.17, 15) is 4.79 Å². The van der Waals surface area contributed by atoms with Crippen molar-refractivity contribution >= 4 is 37.8 Å². The van der Waals surface area contributed by atoms with Crippen molar-refractivity contribution in [1.29, 1.82) is 0 Å². The fraction of sp³-hybridized carbons (Fsp3) is 0.235. The lowest BCUT2D eigenvalue weighted by Gasteiger charge is -2.23. The minimum atomic E-state index is 0.0979. The van der Waals surface area contributed by atoms with E-state index in [1.807, 2.05) is 41.3 Å². The van der Waals surface area contributed by atoms with Crippen LogP contribution >= 0.6 is 31.9 Å². The second-order valence-corrected chi connectivity index (χ2v) is 7.04. The summed E-state index contributed by atoms with van der Waals surface area (Å²) in [6, 6.07) is 16.2. The van der Waals surface area contributed by atoms with Gasteiger partial charge in [0.05, 0.1) is 5.56 Å². The second kappa shape index (κ2) is 6.32. The molecule has 21 heavy (non-hydrogen) atoms. The molecule has 0 atom stereocenters. The molecule has 0 bridgehead atoms. The molecule has 2 nitrogen and oxygen atoms in total. The Kier molecular flexibility index (Phi) is 4.45. The van der Waals surface area contributed by atoms with Crippen LogP contribution in [-0.2, 0) is 6.54 Å². The van der Waals surface area contributed by atoms with Gasteiger partial charge in [-0.1, -0.05) is 46.3 Å². The van der Waals surface area contributed by atoms with E-state index in [-0.39, 0.29) is 5.91 Å². The lowest BCUT2D eigenvalue weighted by molar-refractivity contribution is 0.0729. The third-order valence-electron chi connectivity index (χ3n) is 3.61. The molecule has 1 fully saturated rings. The molecule has 0 N–H and O–H groups in total. The Balaban J connectivity index is 1.85. The van der Waals surface area contributed by atoms with Gasteiger partial charge in [0.2, 0.25) is 0 Å². The van der Waals surface area contributed by atoms with E-state index < -0.39 is 0 Å². The van der Waals surface area contributed by atoms with Gasteiger partial charge in [-0.3, -0.25) is 4.79 Å². The van der Waals surface area contributed by atoms with Gasteiger partial charge in [-0.15, -0.1) is 0 Å². The van der Waals surface area contributed by atoms with Crippen molar-refractivity contribution in [2.24, 2.45) is 0 Å². The predicted molar refractivity (Wildman–Crippen MR) is 91.2 cm³/mol. The van der Waals surface area contributed by atoms with Crippen LogP contribution in [0.1, 0.15) is 28.8 Å². The van der Waals surface area contributed by atoms with Crippen molar-refractivity contribution < 1.29 is 4.79 Å². The Morgan fingerprint density at radius 3 is 2.43 bits per heavy atom. The number of benzene rings is 2. The topological polar surface area (TPSA) is 20.3 Å². The maximum absolute atomic E-state index is 12.8. The smallest absolute Gasteiger partial charge is 0.255 e. The summed E-state index contributed by atoms with van der Waals surface area (Å²) in [5, 5.41) is 0. The lowest BCUT2D eigenvalue weighted by Crippen LogP contribution is -2.32. The van der Waals surface area contributed by atoms with Gasteiger partial charge in [-0.05, 0) is 52.5 Å². The molecule has 0 aromatic heterocycles. The Labute approximate surface area is 141 Å². The highest BCUT2D eigenvalue weighted by Gasteiger charge is 2.33. The quantitative estimate of drug-likeness (QED) is 0.695. The van der Waals surface area contributed by atoms with Gasteiger partial charge in [0.15, 0.2) is 0 Å². The van der Waals surface area contributed by atoms with Gasteiger partial charge in [0.25, 0.3) is 5.91 Å². The zero-order valence-corrected chi connectivity index (χ0v) is 14.6. The molecule has 0 radical (unpaired) electrons. The molecule has 1 aliphatic rings. The molecule has 3 rings (SSSR count). The summed E-state index contributed by atoms with van der Waals surface area (Å²) >= 11 is 6.92. The van der Waals surface area contributed by atoms with Crippen molar-refractivity contribution in [2.45, 2.75) is 25.4 Å². The van der Waals surface area contributed by atoms with Gasteiger partial charge in [-0.25, -0.2) is 0 Å². The molecule has 0 unspecified atom stereocenters. The van der Waals surface area contributed by atoms with Crippen LogP contribution in [-0.4, -0.2) is 16.8 Å². The molecule has 2 aromatic carbocycles. The largest absolute Gasteiger partial charge is 0.331 e. The summed E-state index contributed by atoms with van der Waals surface area (Å²) < 4.78 is 1.80. The van der Waals surface area contributed by atoms with Gasteiger partial charge < -0.3 is 4.90 Å². The first-order valence-electron chi connectivity index (χ1n) is 6.95. The third kappa shape index (κ3) is 3.55. The van der Waals surface area contributed by atoms with Crippen LogP contribution < -0.4 is 0 Å². The van der Waals surface area contributed by atoms with Crippen LogP contribution in [0.3, 0.4) is 0 Å². The Morgan fingerprint density at radius 1 is 1.10 bits per heavy atom. The van der Waals surface area contributed by atoms with E-state index in [1.165, 1.54) is 5.56 Å². The van der Waals surface area contributed by atoms with E-state index in [4.69, 9.17) is 0 Å². The maximum atomic E-state index is 12.8. The number of nitrogens with zero attached hydrogens (tertiary/aromatic N) is 1. The highest BCUT2D eigenvalue weighted by Crippen LogP contribution is 2.32. The van der Waals surface area contributed by atoms with Crippen molar-refractivity contribution in [2.75, 3.05) is 0 Å². The average molecular weight is 409 g/mol. The van der Waals surface area contributed by atoms with E-state index in [0.29, 0.717) is 12.6 Å². The van der Waals surface area contributed by atoms with Gasteiger partial charge in [0, 0.05) is 21.5 Å². The minimum Gasteiger partial charge on any atom is -0.331 e. The van der Waals surface area contributed by atoms with Crippen LogP contribution in [0.5, 0.6) is 0 Å². The fourth-order valence-electron chi connectivity index (χ4n) is 2.35. The summed E-state index contributed by atoms with van der Waals surface area (Å²) in [7, 11) is 0. The summed E-state index contributed by atoms with van der Waals surface area (Å²) in [4.78, 5) is 14.8. The summed E-state index contributed by atoms with van der Waals surface area (Å²) in [6.45, 7) is 0.673. The first-order chi connectivity index (χ1) is 10.1. The number of rotatable bonds is 4. The minimum absolute atomic E-state index is 0.0979. The van der Waals surface area contributed by atoms with Crippen LogP contribution in [0.2, 0.25) is 0 Å². The Morgan fingerprint density at radius 2 is 1.81 bits per heavy atom. The second-order valence-electron chi connectivity index (χ2n) is 5.27. The molecule has 0 heterocycles. The highest BCUT2D eigenvalue weighted by atomic mass is 79.9. The van der Waals surface area contributed by atoms with Crippen LogP contribution in [0, 0.1) is 0 Å². The SMILES string of the molecule is O=C(c1ccc(Br)cc1Br)N(Cc1ccccc1)C1CC1. The van der Waals surface area contributed by atoms with Crippen LogP contribution in [0.4, 0.5) is 0 Å². The Hall–Kier alpha value is -1.13. The zero-order chi connectivity index (χ0) is 14.8. The van der Waals surface area contributed by atoms with Crippen LogP contribution in [0.15, 0.2) is 57.5 Å². The number of carbonyl (C=O) groups excluding carboxylic acids is 1. The van der Waals surface area contributed by atoms with E-state index >= 15 is 0 Å². The molecule has 4 heteroatoms. The molecular formula is C17H15Br2NO. The Bertz CT molecular complexity index is 653. The zero-order valence-electron chi connectivity index (χ0n) is 11.4.